The molecule has 0 aromatic heterocycles. The number of methoxy groups -OCH3 is 1. The molecule has 1 N–H and O–H groups in total. The Kier molecular flexibility index (Phi) is 10.6. The van der Waals surface area contributed by atoms with E-state index in [1.807, 2.05) is 34.6 Å². The number of hydrogen-bond acceptors (Lipinski definition) is 5. The summed E-state index contributed by atoms with van der Waals surface area (Å²) in [5.74, 6) is -0.326. The van der Waals surface area contributed by atoms with E-state index in [4.69, 9.17) is 13.9 Å². The first-order chi connectivity index (χ1) is 13.4. The highest BCUT2D eigenvalue weighted by atomic mass is 28.2. The van der Waals surface area contributed by atoms with Gasteiger partial charge in [0.15, 0.2) is 5.60 Å². The molecule has 0 aliphatic rings. The van der Waals surface area contributed by atoms with E-state index < -0.39 is 17.3 Å². The molecule has 0 bridgehead atoms. The predicted octanol–water partition coefficient (Wildman–Crippen LogP) is 4.09. The number of alkyl carbamates (subject to hydrolysis) is 1. The summed E-state index contributed by atoms with van der Waals surface area (Å²) in [5.41, 5.74) is -1.85. The topological polar surface area (TPSA) is 73.9 Å². The van der Waals surface area contributed by atoms with Gasteiger partial charge in [0.1, 0.15) is 16.1 Å². The first-order valence-electron chi connectivity index (χ1n) is 11.1. The van der Waals surface area contributed by atoms with Gasteiger partial charge in [-0.25, -0.2) is 9.59 Å². The van der Waals surface area contributed by atoms with E-state index in [0.29, 0.717) is 16.4 Å². The quantitative estimate of drug-likeness (QED) is 0.427. The molecule has 0 radical (unpaired) electrons. The van der Waals surface area contributed by atoms with Crippen LogP contribution in [0.2, 0.25) is 0 Å². The van der Waals surface area contributed by atoms with Gasteiger partial charge in [0, 0.05) is 12.0 Å². The Morgan fingerprint density at radius 1 is 0.967 bits per heavy atom. The number of nitrogens with one attached hydrogen (secondary N) is 1. The molecule has 0 aromatic rings. The van der Waals surface area contributed by atoms with Crippen LogP contribution in [0.5, 0.6) is 0 Å². The summed E-state index contributed by atoms with van der Waals surface area (Å²) in [6, 6.07) is -0.186. The fourth-order valence-corrected chi connectivity index (χ4v) is 5.85. The summed E-state index contributed by atoms with van der Waals surface area (Å²) in [5, 5.41) is 3.13. The number of ether oxygens (including phenoxy) is 2. The molecule has 1 unspecified atom stereocenters. The van der Waals surface area contributed by atoms with E-state index in [1.54, 1.807) is 0 Å². The van der Waals surface area contributed by atoms with Crippen LogP contribution in [0.15, 0.2) is 0 Å². The SMILES string of the molecule is COC(=O)[C@](O[SiH3])(C(C)C)C(C)[C@H]([C@H](CC(C)C)NC(=O)OC(C)(C)C)C(C)(C)C. The van der Waals surface area contributed by atoms with E-state index >= 15 is 0 Å². The minimum Gasteiger partial charge on any atom is -0.467 e. The average Bonchev–Trinajstić information content (AvgIpc) is 2.51. The van der Waals surface area contributed by atoms with Crippen LogP contribution in [0.1, 0.15) is 82.6 Å². The molecule has 178 valence electrons. The van der Waals surface area contributed by atoms with Gasteiger partial charge in [-0.15, -0.1) is 0 Å². The van der Waals surface area contributed by atoms with Crippen molar-refractivity contribution in [1.29, 1.82) is 0 Å². The maximum atomic E-state index is 13.0. The molecular weight excluding hydrogens is 398 g/mol. The number of hydrogen-bond donors (Lipinski definition) is 1. The second kappa shape index (κ2) is 11.0. The number of amides is 1. The van der Waals surface area contributed by atoms with Gasteiger partial charge in [-0.05, 0) is 50.4 Å². The van der Waals surface area contributed by atoms with Crippen molar-refractivity contribution in [2.24, 2.45) is 29.1 Å². The summed E-state index contributed by atoms with van der Waals surface area (Å²) in [6.07, 6.45) is 0.330. The molecule has 1 amide bonds. The van der Waals surface area contributed by atoms with Crippen molar-refractivity contribution in [3.8, 4) is 0 Å². The molecule has 0 heterocycles. The van der Waals surface area contributed by atoms with Crippen LogP contribution in [0.4, 0.5) is 4.79 Å². The van der Waals surface area contributed by atoms with Crippen molar-refractivity contribution in [3.63, 3.8) is 0 Å². The van der Waals surface area contributed by atoms with Gasteiger partial charge in [0.05, 0.1) is 7.11 Å². The summed E-state index contributed by atoms with van der Waals surface area (Å²) in [4.78, 5) is 25.7. The third-order valence-electron chi connectivity index (χ3n) is 5.78. The van der Waals surface area contributed by atoms with Gasteiger partial charge in [0.2, 0.25) is 0 Å². The monoisotopic (exact) mass is 445 g/mol. The minimum atomic E-state index is -1.07. The van der Waals surface area contributed by atoms with Gasteiger partial charge >= 0.3 is 12.1 Å². The summed E-state index contributed by atoms with van der Waals surface area (Å²) in [6.45, 7) is 22.3. The number of carbonyl (C=O) groups excluding carboxylic acids is 2. The van der Waals surface area contributed by atoms with Crippen molar-refractivity contribution in [1.82, 2.24) is 5.32 Å². The highest BCUT2D eigenvalue weighted by Gasteiger charge is 2.54. The van der Waals surface area contributed by atoms with E-state index in [9.17, 15) is 9.59 Å². The lowest BCUT2D eigenvalue weighted by Crippen LogP contribution is -2.60. The third kappa shape index (κ3) is 7.56. The third-order valence-corrected chi connectivity index (χ3v) is 6.45. The van der Waals surface area contributed by atoms with Crippen molar-refractivity contribution in [2.75, 3.05) is 7.11 Å². The van der Waals surface area contributed by atoms with Crippen molar-refractivity contribution in [2.45, 2.75) is 99.8 Å². The van der Waals surface area contributed by atoms with Gasteiger partial charge in [-0.2, -0.15) is 0 Å². The van der Waals surface area contributed by atoms with Crippen LogP contribution in [0.3, 0.4) is 0 Å². The maximum Gasteiger partial charge on any atom is 0.407 e. The fraction of sp³-hybridized carbons (Fsp3) is 0.913. The highest BCUT2D eigenvalue weighted by molar-refractivity contribution is 6.00. The van der Waals surface area contributed by atoms with Crippen LogP contribution in [0.25, 0.3) is 0 Å². The Hall–Kier alpha value is -1.08. The molecule has 7 heteroatoms. The second-order valence-corrected chi connectivity index (χ2v) is 11.6. The molecule has 0 aliphatic heterocycles. The largest absolute Gasteiger partial charge is 0.467 e. The maximum absolute atomic E-state index is 13.0. The average molecular weight is 446 g/mol. The second-order valence-electron chi connectivity index (χ2n) is 11.2. The molecule has 6 nitrogen and oxygen atoms in total. The Labute approximate surface area is 187 Å². The van der Waals surface area contributed by atoms with Gasteiger partial charge < -0.3 is 19.2 Å². The molecule has 0 fully saturated rings. The molecule has 0 aliphatic carbocycles. The number of esters is 1. The molecule has 0 aromatic carbocycles. The fourth-order valence-electron chi connectivity index (χ4n) is 4.84. The van der Waals surface area contributed by atoms with E-state index in [2.05, 4.69) is 46.9 Å². The Morgan fingerprint density at radius 3 is 1.77 bits per heavy atom. The minimum absolute atomic E-state index is 0.0529. The van der Waals surface area contributed by atoms with Crippen molar-refractivity contribution in [3.05, 3.63) is 0 Å². The van der Waals surface area contributed by atoms with E-state index in [1.165, 1.54) is 7.11 Å². The van der Waals surface area contributed by atoms with Crippen LogP contribution in [-0.4, -0.2) is 46.9 Å². The smallest absolute Gasteiger partial charge is 0.407 e. The van der Waals surface area contributed by atoms with E-state index in [0.717, 1.165) is 6.42 Å². The zero-order valence-electron chi connectivity index (χ0n) is 21.6. The molecular formula is C23H47NO5Si. The lowest BCUT2D eigenvalue weighted by Gasteiger charge is -2.49. The van der Waals surface area contributed by atoms with Crippen LogP contribution in [0, 0.1) is 29.1 Å². The zero-order valence-corrected chi connectivity index (χ0v) is 23.6. The summed E-state index contributed by atoms with van der Waals surface area (Å²) in [7, 11) is 1.81. The van der Waals surface area contributed by atoms with Crippen molar-refractivity contribution >= 4 is 22.5 Å². The normalized spacial score (nSPS) is 17.9. The van der Waals surface area contributed by atoms with Crippen LogP contribution < -0.4 is 5.32 Å². The van der Waals surface area contributed by atoms with Gasteiger partial charge in [-0.1, -0.05) is 55.4 Å². The Bertz CT molecular complexity index is 565. The van der Waals surface area contributed by atoms with Crippen LogP contribution in [-0.2, 0) is 18.7 Å². The first-order valence-corrected chi connectivity index (χ1v) is 11.9. The Morgan fingerprint density at radius 2 is 1.47 bits per heavy atom. The Balaban J connectivity index is 6.38. The number of carbonyl (C=O) groups is 2. The molecule has 0 rings (SSSR count). The molecule has 0 spiro atoms. The van der Waals surface area contributed by atoms with Crippen molar-refractivity contribution < 1.29 is 23.5 Å². The molecule has 0 saturated heterocycles. The molecule has 4 atom stereocenters. The first kappa shape index (κ1) is 28.9. The van der Waals surface area contributed by atoms with Gasteiger partial charge in [-0.3, -0.25) is 0 Å². The van der Waals surface area contributed by atoms with Crippen LogP contribution >= 0.6 is 0 Å². The lowest BCUT2D eigenvalue weighted by atomic mass is 9.61. The summed E-state index contributed by atoms with van der Waals surface area (Å²) >= 11 is 0. The van der Waals surface area contributed by atoms with Gasteiger partial charge in [0.25, 0.3) is 0 Å². The lowest BCUT2D eigenvalue weighted by molar-refractivity contribution is -0.175. The standard InChI is InChI=1S/C23H47NO5Si/c1-14(2)13-17(24-20(26)28-22(9,10)11)18(21(6,7)8)16(5)23(29-30,15(3)4)19(25)27-12/h14-18H,13H2,1-12,30H3,(H,24,26)/t16?,17-,18+,23-/m0/s1. The number of rotatable bonds is 9. The van der Waals surface area contributed by atoms with E-state index in [-0.39, 0.29) is 35.2 Å². The predicted molar refractivity (Wildman–Crippen MR) is 125 cm³/mol. The molecule has 0 saturated carbocycles. The zero-order chi connectivity index (χ0) is 24.1. The summed E-state index contributed by atoms with van der Waals surface area (Å²) < 4.78 is 16.8. The molecule has 30 heavy (non-hydrogen) atoms. The highest BCUT2D eigenvalue weighted by Crippen LogP contribution is 2.45.